The van der Waals surface area contributed by atoms with Crippen LogP contribution in [0.15, 0.2) is 24.3 Å². The van der Waals surface area contributed by atoms with E-state index in [1.165, 1.54) is 0 Å². The van der Waals surface area contributed by atoms with Gasteiger partial charge in [-0.05, 0) is 13.3 Å². The van der Waals surface area contributed by atoms with Crippen LogP contribution in [0.25, 0.3) is 0 Å². The van der Waals surface area contributed by atoms with Gasteiger partial charge in [0, 0.05) is 22.5 Å². The Kier molecular flexibility index (Phi) is 2.08. The van der Waals surface area contributed by atoms with E-state index in [0.717, 1.165) is 0 Å². The van der Waals surface area contributed by atoms with Gasteiger partial charge in [0.15, 0.2) is 11.6 Å². The summed E-state index contributed by atoms with van der Waals surface area (Å²) >= 11 is 0. The summed E-state index contributed by atoms with van der Waals surface area (Å²) in [7, 11) is 0. The first-order valence-corrected chi connectivity index (χ1v) is 7.24. The van der Waals surface area contributed by atoms with Gasteiger partial charge in [0.2, 0.25) is 0 Å². The molecule has 1 saturated heterocycles. The molecule has 2 fully saturated rings. The van der Waals surface area contributed by atoms with Crippen LogP contribution in [0.5, 0.6) is 0 Å². The molecule has 4 rings (SSSR count). The molecule has 3 aliphatic rings. The van der Waals surface area contributed by atoms with E-state index in [9.17, 15) is 9.59 Å². The second kappa shape index (κ2) is 3.40. The highest BCUT2D eigenvalue weighted by Gasteiger charge is 2.77. The van der Waals surface area contributed by atoms with Crippen molar-refractivity contribution < 1.29 is 14.3 Å². The van der Waals surface area contributed by atoms with Gasteiger partial charge >= 0.3 is 0 Å². The maximum atomic E-state index is 13.0. The van der Waals surface area contributed by atoms with Gasteiger partial charge in [-0.15, -0.1) is 0 Å². The number of fused-ring (bicyclic) bond motifs is 1. The highest BCUT2D eigenvalue weighted by atomic mass is 16.5. The zero-order chi connectivity index (χ0) is 14.3. The molecule has 1 saturated carbocycles. The zero-order valence-corrected chi connectivity index (χ0v) is 12.0. The van der Waals surface area contributed by atoms with Gasteiger partial charge in [-0.2, -0.15) is 0 Å². The Morgan fingerprint density at radius 3 is 2.50 bits per heavy atom. The average molecular weight is 270 g/mol. The number of benzene rings is 1. The van der Waals surface area contributed by atoms with Crippen LogP contribution in [0.2, 0.25) is 0 Å². The Bertz CT molecular complexity index is 645. The number of rotatable bonds is 0. The molecule has 0 amide bonds. The number of ketones is 2. The first kappa shape index (κ1) is 12.3. The minimum Gasteiger partial charge on any atom is -0.374 e. The molecule has 1 spiro atoms. The molecular weight excluding hydrogens is 252 g/mol. The Morgan fingerprint density at radius 1 is 1.15 bits per heavy atom. The molecule has 1 aliphatic heterocycles. The quantitative estimate of drug-likeness (QED) is 0.728. The van der Waals surface area contributed by atoms with Crippen molar-refractivity contribution in [1.82, 2.24) is 0 Å². The Morgan fingerprint density at radius 2 is 1.80 bits per heavy atom. The van der Waals surface area contributed by atoms with Crippen LogP contribution in [-0.4, -0.2) is 23.8 Å². The average Bonchev–Trinajstić information content (AvgIpc) is 2.72. The molecule has 4 unspecified atom stereocenters. The molecule has 0 bridgehead atoms. The lowest BCUT2D eigenvalue weighted by Gasteiger charge is -2.62. The minimum atomic E-state index is -0.603. The smallest absolute Gasteiger partial charge is 0.173 e. The molecule has 2 aliphatic carbocycles. The maximum Gasteiger partial charge on any atom is 0.173 e. The summed E-state index contributed by atoms with van der Waals surface area (Å²) in [6.45, 7) is 6.11. The van der Waals surface area contributed by atoms with E-state index in [1.807, 2.05) is 19.1 Å². The highest BCUT2D eigenvalue weighted by Crippen LogP contribution is 2.69. The number of carbonyl (C=O) groups excluding carboxylic acids is 2. The second-order valence-electron chi connectivity index (χ2n) is 7.06. The molecular formula is C17H18O3. The summed E-state index contributed by atoms with van der Waals surface area (Å²) in [4.78, 5) is 25.9. The molecule has 3 heteroatoms. The molecule has 3 nitrogen and oxygen atoms in total. The fraction of sp³-hybridized carbons (Fsp3) is 0.529. The van der Waals surface area contributed by atoms with E-state index in [-0.39, 0.29) is 35.1 Å². The van der Waals surface area contributed by atoms with E-state index < -0.39 is 5.41 Å². The lowest BCUT2D eigenvalue weighted by atomic mass is 9.39. The summed E-state index contributed by atoms with van der Waals surface area (Å²) in [5, 5.41) is 0. The van der Waals surface area contributed by atoms with Gasteiger partial charge in [0.25, 0.3) is 0 Å². The van der Waals surface area contributed by atoms with Gasteiger partial charge in [0.1, 0.15) is 0 Å². The van der Waals surface area contributed by atoms with Crippen LogP contribution < -0.4 is 0 Å². The number of Topliss-reactive ketones (excluding diaryl/α,β-unsaturated/α-hetero) is 2. The fourth-order valence-corrected chi connectivity index (χ4v) is 5.03. The lowest BCUT2D eigenvalue weighted by molar-refractivity contribution is -0.165. The SMILES string of the molecule is CC1CC23C(=O)c4ccccc4C(=O)C2C(C)(C)C3O1. The summed E-state index contributed by atoms with van der Waals surface area (Å²) < 4.78 is 6.00. The van der Waals surface area contributed by atoms with Gasteiger partial charge in [-0.1, -0.05) is 38.1 Å². The van der Waals surface area contributed by atoms with Crippen LogP contribution in [0.4, 0.5) is 0 Å². The van der Waals surface area contributed by atoms with Crippen molar-refractivity contribution in [2.24, 2.45) is 16.7 Å². The Hall–Kier alpha value is -1.48. The van der Waals surface area contributed by atoms with Gasteiger partial charge in [0.05, 0.1) is 17.6 Å². The molecule has 104 valence electrons. The first-order valence-electron chi connectivity index (χ1n) is 7.24. The van der Waals surface area contributed by atoms with Gasteiger partial charge in [-0.25, -0.2) is 0 Å². The van der Waals surface area contributed by atoms with Crippen molar-refractivity contribution in [3.63, 3.8) is 0 Å². The van der Waals surface area contributed by atoms with Crippen molar-refractivity contribution in [2.45, 2.75) is 39.4 Å². The summed E-state index contributed by atoms with van der Waals surface area (Å²) in [6.07, 6.45) is 0.594. The predicted octanol–water partition coefficient (Wildman–Crippen LogP) is 2.89. The molecule has 1 aromatic rings. The van der Waals surface area contributed by atoms with E-state index >= 15 is 0 Å². The zero-order valence-electron chi connectivity index (χ0n) is 12.0. The standard InChI is InChI=1S/C17H18O3/c1-9-8-17-13(16(2,3)15(17)20-9)12(18)10-6-4-5-7-11(10)14(17)19/h4-7,9,13,15H,8H2,1-3H3. The number of hydrogen-bond acceptors (Lipinski definition) is 3. The highest BCUT2D eigenvalue weighted by molar-refractivity contribution is 6.19. The number of hydrogen-bond donors (Lipinski definition) is 0. The second-order valence-corrected chi connectivity index (χ2v) is 7.06. The van der Waals surface area contributed by atoms with Crippen molar-refractivity contribution >= 4 is 11.6 Å². The van der Waals surface area contributed by atoms with Crippen LogP contribution >= 0.6 is 0 Å². The first-order chi connectivity index (χ1) is 9.40. The third-order valence-corrected chi connectivity index (χ3v) is 5.52. The predicted molar refractivity (Wildman–Crippen MR) is 73.8 cm³/mol. The van der Waals surface area contributed by atoms with Gasteiger partial charge in [-0.3, -0.25) is 9.59 Å². The molecule has 1 aromatic carbocycles. The van der Waals surface area contributed by atoms with Crippen molar-refractivity contribution in [3.05, 3.63) is 35.4 Å². The molecule has 4 atom stereocenters. The Labute approximate surface area is 118 Å². The van der Waals surface area contributed by atoms with E-state index in [1.54, 1.807) is 12.1 Å². The molecule has 20 heavy (non-hydrogen) atoms. The van der Waals surface area contributed by atoms with Crippen LogP contribution in [-0.2, 0) is 4.74 Å². The summed E-state index contributed by atoms with van der Waals surface area (Å²) in [6, 6.07) is 7.23. The van der Waals surface area contributed by atoms with Crippen molar-refractivity contribution in [1.29, 1.82) is 0 Å². The van der Waals surface area contributed by atoms with Crippen molar-refractivity contribution in [3.8, 4) is 0 Å². The van der Waals surface area contributed by atoms with E-state index in [0.29, 0.717) is 17.5 Å². The van der Waals surface area contributed by atoms with E-state index in [4.69, 9.17) is 4.74 Å². The summed E-state index contributed by atoms with van der Waals surface area (Å²) in [5.41, 5.74) is 0.325. The third kappa shape index (κ3) is 1.09. The summed E-state index contributed by atoms with van der Waals surface area (Å²) in [5.74, 6) is 0.0119. The number of carbonyl (C=O) groups is 2. The number of ether oxygens (including phenoxy) is 1. The minimum absolute atomic E-state index is 0.0475. The van der Waals surface area contributed by atoms with Gasteiger partial charge < -0.3 is 4.74 Å². The van der Waals surface area contributed by atoms with Crippen LogP contribution in [0, 0.1) is 16.7 Å². The molecule has 0 aromatic heterocycles. The molecule has 0 radical (unpaired) electrons. The largest absolute Gasteiger partial charge is 0.374 e. The van der Waals surface area contributed by atoms with Crippen LogP contribution in [0.3, 0.4) is 0 Å². The lowest BCUT2D eigenvalue weighted by Crippen LogP contribution is -2.71. The third-order valence-electron chi connectivity index (χ3n) is 5.52. The fourth-order valence-electron chi connectivity index (χ4n) is 5.03. The Balaban J connectivity index is 1.96. The monoisotopic (exact) mass is 270 g/mol. The van der Waals surface area contributed by atoms with E-state index in [2.05, 4.69) is 13.8 Å². The van der Waals surface area contributed by atoms with Crippen molar-refractivity contribution in [2.75, 3.05) is 0 Å². The molecule has 0 N–H and O–H groups in total. The molecule has 1 heterocycles. The normalized spacial score (nSPS) is 40.6. The topological polar surface area (TPSA) is 43.4 Å². The maximum absolute atomic E-state index is 13.0. The van der Waals surface area contributed by atoms with Crippen LogP contribution in [0.1, 0.15) is 47.9 Å².